The van der Waals surface area contributed by atoms with Gasteiger partial charge in [-0.25, -0.2) is 0 Å². The van der Waals surface area contributed by atoms with Crippen LogP contribution in [0.15, 0.2) is 22.7 Å². The van der Waals surface area contributed by atoms with E-state index in [4.69, 9.17) is 17.3 Å². The predicted octanol–water partition coefficient (Wildman–Crippen LogP) is 4.19. The Bertz CT molecular complexity index is 437. The fourth-order valence-corrected chi connectivity index (χ4v) is 2.25. The highest BCUT2D eigenvalue weighted by Crippen LogP contribution is 2.26. The lowest BCUT2D eigenvalue weighted by Crippen LogP contribution is -2.21. The molecule has 106 valence electrons. The van der Waals surface area contributed by atoms with Crippen molar-refractivity contribution in [3.63, 3.8) is 0 Å². The number of carbonyl (C=O) groups is 1. The normalized spacial score (nSPS) is 13.9. The molecular formula is C14H20BrClN2O. The van der Waals surface area contributed by atoms with Crippen molar-refractivity contribution >= 4 is 39.1 Å². The maximum atomic E-state index is 12.0. The lowest BCUT2D eigenvalue weighted by molar-refractivity contribution is -0.119. The van der Waals surface area contributed by atoms with Gasteiger partial charge in [-0.15, -0.1) is 0 Å². The van der Waals surface area contributed by atoms with E-state index >= 15 is 0 Å². The largest absolute Gasteiger partial charge is 0.328 e. The van der Waals surface area contributed by atoms with E-state index < -0.39 is 0 Å². The van der Waals surface area contributed by atoms with Crippen LogP contribution in [0.25, 0.3) is 0 Å². The maximum absolute atomic E-state index is 12.0. The first-order chi connectivity index (χ1) is 8.90. The summed E-state index contributed by atoms with van der Waals surface area (Å²) in [6.07, 6.45) is 2.73. The second-order valence-electron chi connectivity index (χ2n) is 4.92. The summed E-state index contributed by atoms with van der Waals surface area (Å²) in [5.74, 6) is -0.0570. The van der Waals surface area contributed by atoms with Gasteiger partial charge in [-0.05, 0) is 38.0 Å². The number of nitrogens with one attached hydrogen (secondary N) is 1. The van der Waals surface area contributed by atoms with Crippen molar-refractivity contribution in [3.05, 3.63) is 27.7 Å². The molecular weight excluding hydrogens is 328 g/mol. The molecule has 1 amide bonds. The summed E-state index contributed by atoms with van der Waals surface area (Å²) >= 11 is 9.40. The van der Waals surface area contributed by atoms with Crippen molar-refractivity contribution < 1.29 is 4.79 Å². The molecule has 1 aromatic carbocycles. The van der Waals surface area contributed by atoms with Crippen LogP contribution in [-0.4, -0.2) is 11.9 Å². The number of anilines is 1. The summed E-state index contributed by atoms with van der Waals surface area (Å²) in [6, 6.07) is 5.58. The van der Waals surface area contributed by atoms with E-state index in [9.17, 15) is 4.79 Å². The summed E-state index contributed by atoms with van der Waals surface area (Å²) in [4.78, 5) is 12.0. The van der Waals surface area contributed by atoms with E-state index in [2.05, 4.69) is 21.2 Å². The molecule has 0 saturated heterocycles. The molecule has 3 nitrogen and oxygen atoms in total. The molecule has 0 aliphatic heterocycles. The summed E-state index contributed by atoms with van der Waals surface area (Å²) in [5.41, 5.74) is 6.33. The van der Waals surface area contributed by atoms with E-state index in [-0.39, 0.29) is 17.9 Å². The fourth-order valence-electron chi connectivity index (χ4n) is 1.73. The number of rotatable bonds is 6. The SMILES string of the molecule is CC(N)CCCC(C)C(=O)Nc1cc(Br)ccc1Cl. The molecule has 0 spiro atoms. The van der Waals surface area contributed by atoms with E-state index in [1.54, 1.807) is 12.1 Å². The number of halogens is 2. The zero-order valence-corrected chi connectivity index (χ0v) is 13.6. The average Bonchev–Trinajstić information content (AvgIpc) is 2.33. The van der Waals surface area contributed by atoms with Crippen molar-refractivity contribution in [3.8, 4) is 0 Å². The van der Waals surface area contributed by atoms with Crippen molar-refractivity contribution in [1.29, 1.82) is 0 Å². The molecule has 0 aromatic heterocycles. The first-order valence-corrected chi connectivity index (χ1v) is 7.58. The van der Waals surface area contributed by atoms with Gasteiger partial charge in [0.15, 0.2) is 0 Å². The Balaban J connectivity index is 2.51. The minimum absolute atomic E-state index is 0.00956. The minimum Gasteiger partial charge on any atom is -0.328 e. The van der Waals surface area contributed by atoms with Crippen molar-refractivity contribution in [2.24, 2.45) is 11.7 Å². The molecule has 0 aliphatic rings. The summed E-state index contributed by atoms with van der Waals surface area (Å²) in [5, 5.41) is 3.40. The third-order valence-electron chi connectivity index (χ3n) is 2.93. The lowest BCUT2D eigenvalue weighted by atomic mass is 10.0. The number of benzene rings is 1. The van der Waals surface area contributed by atoms with Gasteiger partial charge in [0.2, 0.25) is 5.91 Å². The molecule has 0 bridgehead atoms. The van der Waals surface area contributed by atoms with Gasteiger partial charge in [0.25, 0.3) is 0 Å². The molecule has 1 rings (SSSR count). The van der Waals surface area contributed by atoms with Crippen LogP contribution in [-0.2, 0) is 4.79 Å². The topological polar surface area (TPSA) is 55.1 Å². The number of amides is 1. The van der Waals surface area contributed by atoms with Crippen LogP contribution in [0.1, 0.15) is 33.1 Å². The highest BCUT2D eigenvalue weighted by molar-refractivity contribution is 9.10. The first-order valence-electron chi connectivity index (χ1n) is 6.41. The Morgan fingerprint density at radius 3 is 2.74 bits per heavy atom. The first kappa shape index (κ1) is 16.5. The summed E-state index contributed by atoms with van der Waals surface area (Å²) in [6.45, 7) is 3.90. The fraction of sp³-hybridized carbons (Fsp3) is 0.500. The third-order valence-corrected chi connectivity index (χ3v) is 3.75. The molecule has 5 heteroatoms. The van der Waals surface area contributed by atoms with Crippen LogP contribution in [0.2, 0.25) is 5.02 Å². The van der Waals surface area contributed by atoms with Crippen molar-refractivity contribution in [1.82, 2.24) is 0 Å². The summed E-state index contributed by atoms with van der Waals surface area (Å²) < 4.78 is 0.886. The molecule has 0 radical (unpaired) electrons. The minimum atomic E-state index is -0.0474. The Morgan fingerprint density at radius 1 is 1.42 bits per heavy atom. The van der Waals surface area contributed by atoms with Gasteiger partial charge in [-0.3, -0.25) is 4.79 Å². The Morgan fingerprint density at radius 2 is 2.11 bits per heavy atom. The van der Waals surface area contributed by atoms with E-state index in [1.807, 2.05) is 19.9 Å². The smallest absolute Gasteiger partial charge is 0.227 e. The van der Waals surface area contributed by atoms with Gasteiger partial charge in [-0.1, -0.05) is 40.9 Å². The number of carbonyl (C=O) groups excluding carboxylic acids is 1. The predicted molar refractivity (Wildman–Crippen MR) is 84.4 cm³/mol. The second kappa shape index (κ2) is 7.88. The summed E-state index contributed by atoms with van der Waals surface area (Å²) in [7, 11) is 0. The van der Waals surface area contributed by atoms with Gasteiger partial charge in [0, 0.05) is 16.4 Å². The second-order valence-corrected chi connectivity index (χ2v) is 6.25. The van der Waals surface area contributed by atoms with Crippen LogP contribution < -0.4 is 11.1 Å². The number of hydrogen-bond acceptors (Lipinski definition) is 2. The third kappa shape index (κ3) is 5.93. The molecule has 0 heterocycles. The maximum Gasteiger partial charge on any atom is 0.227 e. The van der Waals surface area contributed by atoms with Crippen LogP contribution >= 0.6 is 27.5 Å². The van der Waals surface area contributed by atoms with Crippen LogP contribution in [0.5, 0.6) is 0 Å². The lowest BCUT2D eigenvalue weighted by Gasteiger charge is -2.14. The Hall–Kier alpha value is -0.580. The quantitative estimate of drug-likeness (QED) is 0.810. The highest BCUT2D eigenvalue weighted by Gasteiger charge is 2.14. The zero-order chi connectivity index (χ0) is 14.4. The van der Waals surface area contributed by atoms with Crippen molar-refractivity contribution in [2.75, 3.05) is 5.32 Å². The van der Waals surface area contributed by atoms with Crippen LogP contribution in [0.3, 0.4) is 0 Å². The van der Waals surface area contributed by atoms with Gasteiger partial charge in [-0.2, -0.15) is 0 Å². The van der Waals surface area contributed by atoms with E-state index in [0.29, 0.717) is 10.7 Å². The van der Waals surface area contributed by atoms with Gasteiger partial charge in [0.05, 0.1) is 10.7 Å². The number of hydrogen-bond donors (Lipinski definition) is 2. The Kier molecular flexibility index (Phi) is 6.83. The molecule has 2 atom stereocenters. The van der Waals surface area contributed by atoms with Crippen LogP contribution in [0, 0.1) is 5.92 Å². The Labute approximate surface area is 128 Å². The van der Waals surface area contributed by atoms with Crippen LogP contribution in [0.4, 0.5) is 5.69 Å². The molecule has 0 aliphatic carbocycles. The molecule has 1 aromatic rings. The standard InChI is InChI=1S/C14H20BrClN2O/c1-9(4-3-5-10(2)17)14(19)18-13-8-11(15)6-7-12(13)16/h6-10H,3-5,17H2,1-2H3,(H,18,19). The average molecular weight is 348 g/mol. The molecule has 19 heavy (non-hydrogen) atoms. The molecule has 3 N–H and O–H groups in total. The van der Waals surface area contributed by atoms with E-state index in [1.165, 1.54) is 0 Å². The highest BCUT2D eigenvalue weighted by atomic mass is 79.9. The molecule has 2 unspecified atom stereocenters. The zero-order valence-electron chi connectivity index (χ0n) is 11.2. The van der Waals surface area contributed by atoms with E-state index in [0.717, 1.165) is 23.7 Å². The number of nitrogens with two attached hydrogens (primary N) is 1. The molecule has 0 fully saturated rings. The van der Waals surface area contributed by atoms with Gasteiger partial charge in [0.1, 0.15) is 0 Å². The van der Waals surface area contributed by atoms with Gasteiger partial charge >= 0.3 is 0 Å². The van der Waals surface area contributed by atoms with Gasteiger partial charge < -0.3 is 11.1 Å². The molecule has 0 saturated carbocycles. The van der Waals surface area contributed by atoms with Crippen molar-refractivity contribution in [2.45, 2.75) is 39.2 Å². The monoisotopic (exact) mass is 346 g/mol.